The molecule has 2 aromatic rings. The highest BCUT2D eigenvalue weighted by molar-refractivity contribution is 9.10. The smallest absolute Gasteiger partial charge is 0.279 e. The average molecular weight is 380 g/mol. The van der Waals surface area contributed by atoms with Gasteiger partial charge in [0.25, 0.3) is 5.91 Å². The topological polar surface area (TPSA) is 63.5 Å². The quantitative estimate of drug-likeness (QED) is 0.809. The van der Waals surface area contributed by atoms with E-state index in [9.17, 15) is 4.79 Å². The lowest BCUT2D eigenvalue weighted by Gasteiger charge is -2.14. The van der Waals surface area contributed by atoms with Crippen LogP contribution in [0.25, 0.3) is 0 Å². The number of nitrogens with one attached hydrogen (secondary N) is 1. The number of nitrogens with two attached hydrogens (primary N) is 1. The Hall–Kier alpha value is -1.66. The molecule has 0 aliphatic carbocycles. The molecule has 1 amide bonds. The summed E-state index contributed by atoms with van der Waals surface area (Å²) in [5.74, 6) is -0.000221. The van der Waals surface area contributed by atoms with Crippen molar-refractivity contribution in [3.63, 3.8) is 0 Å². The fourth-order valence-corrected chi connectivity index (χ4v) is 2.91. The molecule has 0 unspecified atom stereocenters. The number of aryl methyl sites for hydroxylation is 2. The van der Waals surface area contributed by atoms with Crippen molar-refractivity contribution < 1.29 is 10.1 Å². The summed E-state index contributed by atoms with van der Waals surface area (Å²) in [6, 6.07) is 8.55. The Morgan fingerprint density at radius 1 is 1.35 bits per heavy atom. The number of rotatable bonds is 6. The predicted octanol–water partition coefficient (Wildman–Crippen LogP) is 2.45. The molecule has 0 aliphatic heterocycles. The molecule has 0 aliphatic rings. The Morgan fingerprint density at radius 3 is 2.52 bits per heavy atom. The molecule has 6 heteroatoms. The molecule has 0 saturated heterocycles. The molecule has 3 N–H and O–H groups in total. The molecule has 1 aromatic heterocycles. The van der Waals surface area contributed by atoms with Crippen LogP contribution in [0.1, 0.15) is 36.3 Å². The molecule has 124 valence electrons. The second-order valence-corrected chi connectivity index (χ2v) is 6.64. The number of hydrogen-bond acceptors (Lipinski definition) is 2. The Kier molecular flexibility index (Phi) is 5.96. The molecule has 0 spiro atoms. The molecule has 23 heavy (non-hydrogen) atoms. The molecule has 0 bridgehead atoms. The average Bonchev–Trinajstić information content (AvgIpc) is 2.76. The molecule has 0 saturated carbocycles. The van der Waals surface area contributed by atoms with Gasteiger partial charge in [0.05, 0.1) is 17.1 Å². The SMILES string of the molecule is CC[C@H]([NH2+]CC(=O)Nc1c(C)nn(C)c1C)c1ccc(Br)cc1. The van der Waals surface area contributed by atoms with E-state index in [0.29, 0.717) is 6.54 Å². The molecule has 0 fully saturated rings. The number of carbonyl (C=O) groups is 1. The number of aromatic nitrogens is 2. The standard InChI is InChI=1S/C17H23BrN4O/c1-5-15(13-6-8-14(18)9-7-13)19-10-16(23)20-17-11(2)21-22(4)12(17)3/h6-9,15,19H,5,10H2,1-4H3,(H,20,23)/p+1/t15-/m0/s1. The first-order chi connectivity index (χ1) is 10.9. The third kappa shape index (κ3) is 4.42. The van der Waals surface area contributed by atoms with Crippen LogP contribution in [0, 0.1) is 13.8 Å². The van der Waals surface area contributed by atoms with Crippen LogP contribution in [0.3, 0.4) is 0 Å². The Balaban J connectivity index is 1.96. The number of quaternary nitrogens is 1. The maximum absolute atomic E-state index is 12.2. The van der Waals surface area contributed by atoms with Gasteiger partial charge in [-0.2, -0.15) is 5.10 Å². The van der Waals surface area contributed by atoms with Crippen LogP contribution in [-0.4, -0.2) is 22.2 Å². The van der Waals surface area contributed by atoms with Crippen molar-refractivity contribution in [2.24, 2.45) is 7.05 Å². The van der Waals surface area contributed by atoms with E-state index in [0.717, 1.165) is 28.0 Å². The third-order valence-electron chi connectivity index (χ3n) is 4.10. The summed E-state index contributed by atoms with van der Waals surface area (Å²) in [7, 11) is 1.88. The highest BCUT2D eigenvalue weighted by atomic mass is 79.9. The second kappa shape index (κ2) is 7.75. The highest BCUT2D eigenvalue weighted by Gasteiger charge is 2.17. The summed E-state index contributed by atoms with van der Waals surface area (Å²) < 4.78 is 2.85. The first-order valence-corrected chi connectivity index (χ1v) is 8.60. The zero-order valence-electron chi connectivity index (χ0n) is 14.1. The second-order valence-electron chi connectivity index (χ2n) is 5.72. The van der Waals surface area contributed by atoms with E-state index in [4.69, 9.17) is 0 Å². The normalized spacial score (nSPS) is 12.2. The fourth-order valence-electron chi connectivity index (χ4n) is 2.64. The number of nitrogens with zero attached hydrogens (tertiary/aromatic N) is 2. The van der Waals surface area contributed by atoms with Crippen LogP contribution < -0.4 is 10.6 Å². The lowest BCUT2D eigenvalue weighted by atomic mass is 10.0. The third-order valence-corrected chi connectivity index (χ3v) is 4.63. The number of halogens is 1. The van der Waals surface area contributed by atoms with Gasteiger partial charge in [0, 0.05) is 23.5 Å². The van der Waals surface area contributed by atoms with Crippen molar-refractivity contribution in [2.75, 3.05) is 11.9 Å². The van der Waals surface area contributed by atoms with Gasteiger partial charge < -0.3 is 10.6 Å². The summed E-state index contributed by atoms with van der Waals surface area (Å²) in [4.78, 5) is 12.2. The van der Waals surface area contributed by atoms with E-state index in [1.807, 2.05) is 33.0 Å². The molecule has 2 rings (SSSR count). The van der Waals surface area contributed by atoms with Crippen molar-refractivity contribution in [1.29, 1.82) is 0 Å². The lowest BCUT2D eigenvalue weighted by Crippen LogP contribution is -2.87. The molecule has 1 heterocycles. The van der Waals surface area contributed by atoms with E-state index in [-0.39, 0.29) is 11.9 Å². The van der Waals surface area contributed by atoms with Crippen LogP contribution in [-0.2, 0) is 11.8 Å². The van der Waals surface area contributed by atoms with Gasteiger partial charge >= 0.3 is 0 Å². The van der Waals surface area contributed by atoms with Gasteiger partial charge in [-0.05, 0) is 26.0 Å². The van der Waals surface area contributed by atoms with Crippen LogP contribution in [0.4, 0.5) is 5.69 Å². The zero-order chi connectivity index (χ0) is 17.0. The first kappa shape index (κ1) is 17.7. The number of amides is 1. The Bertz CT molecular complexity index is 679. The predicted molar refractivity (Wildman–Crippen MR) is 95.3 cm³/mol. The molecular formula is C17H24BrN4O+. The van der Waals surface area contributed by atoms with E-state index in [1.54, 1.807) is 4.68 Å². The lowest BCUT2D eigenvalue weighted by molar-refractivity contribution is -0.686. The fraction of sp³-hybridized carbons (Fsp3) is 0.412. The summed E-state index contributed by atoms with van der Waals surface area (Å²) in [5.41, 5.74) is 3.87. The van der Waals surface area contributed by atoms with E-state index >= 15 is 0 Å². The maximum Gasteiger partial charge on any atom is 0.279 e. The van der Waals surface area contributed by atoms with Gasteiger partial charge in [-0.3, -0.25) is 9.48 Å². The van der Waals surface area contributed by atoms with Crippen molar-refractivity contribution in [1.82, 2.24) is 9.78 Å². The minimum atomic E-state index is -0.000221. The van der Waals surface area contributed by atoms with Crippen LogP contribution in [0.5, 0.6) is 0 Å². The summed E-state index contributed by atoms with van der Waals surface area (Å²) >= 11 is 3.45. The Labute approximate surface area is 145 Å². The molecule has 0 radical (unpaired) electrons. The zero-order valence-corrected chi connectivity index (χ0v) is 15.6. The van der Waals surface area contributed by atoms with E-state index in [2.05, 4.69) is 50.7 Å². The number of hydrogen-bond donors (Lipinski definition) is 2. The van der Waals surface area contributed by atoms with Crippen LogP contribution in [0.15, 0.2) is 28.7 Å². The summed E-state index contributed by atoms with van der Waals surface area (Å²) in [6.07, 6.45) is 0.972. The van der Waals surface area contributed by atoms with Crippen molar-refractivity contribution in [3.8, 4) is 0 Å². The maximum atomic E-state index is 12.2. The molecule has 5 nitrogen and oxygen atoms in total. The monoisotopic (exact) mass is 379 g/mol. The Morgan fingerprint density at radius 2 is 2.00 bits per heavy atom. The van der Waals surface area contributed by atoms with Gasteiger partial charge in [-0.25, -0.2) is 0 Å². The largest absolute Gasteiger partial charge is 0.332 e. The van der Waals surface area contributed by atoms with E-state index in [1.165, 1.54) is 5.56 Å². The minimum Gasteiger partial charge on any atom is -0.332 e. The first-order valence-electron chi connectivity index (χ1n) is 7.81. The van der Waals surface area contributed by atoms with Crippen LogP contribution in [0.2, 0.25) is 0 Å². The van der Waals surface area contributed by atoms with Gasteiger partial charge in [-0.1, -0.05) is 35.0 Å². The van der Waals surface area contributed by atoms with Crippen molar-refractivity contribution in [2.45, 2.75) is 33.2 Å². The van der Waals surface area contributed by atoms with E-state index < -0.39 is 0 Å². The minimum absolute atomic E-state index is 0.000221. The number of anilines is 1. The van der Waals surface area contributed by atoms with Gasteiger partial charge in [-0.15, -0.1) is 0 Å². The van der Waals surface area contributed by atoms with Crippen LogP contribution >= 0.6 is 15.9 Å². The molecular weight excluding hydrogens is 356 g/mol. The van der Waals surface area contributed by atoms with Gasteiger partial charge in [0.1, 0.15) is 6.04 Å². The molecule has 1 aromatic carbocycles. The number of benzene rings is 1. The summed E-state index contributed by atoms with van der Waals surface area (Å²) in [6.45, 7) is 6.39. The van der Waals surface area contributed by atoms with Gasteiger partial charge in [0.2, 0.25) is 0 Å². The number of carbonyl (C=O) groups excluding carboxylic acids is 1. The van der Waals surface area contributed by atoms with Crippen molar-refractivity contribution in [3.05, 3.63) is 45.7 Å². The summed E-state index contributed by atoms with van der Waals surface area (Å²) in [5, 5.41) is 9.38. The highest BCUT2D eigenvalue weighted by Crippen LogP contribution is 2.18. The molecule has 1 atom stereocenters. The van der Waals surface area contributed by atoms with Gasteiger partial charge in [0.15, 0.2) is 6.54 Å². The van der Waals surface area contributed by atoms with Crippen molar-refractivity contribution >= 4 is 27.5 Å².